The van der Waals surface area contributed by atoms with Gasteiger partial charge >= 0.3 is 5.69 Å². The van der Waals surface area contributed by atoms with E-state index in [0.29, 0.717) is 5.75 Å². The highest BCUT2D eigenvalue weighted by Crippen LogP contribution is 2.33. The van der Waals surface area contributed by atoms with Crippen LogP contribution in [0.1, 0.15) is 0 Å². The lowest BCUT2D eigenvalue weighted by atomic mass is 10.2. The fourth-order valence-corrected chi connectivity index (χ4v) is 2.19. The second-order valence-corrected chi connectivity index (χ2v) is 5.98. The summed E-state index contributed by atoms with van der Waals surface area (Å²) in [6, 6.07) is 12.3. The number of nitrogens with one attached hydrogen (secondary N) is 1. The molecular weight excluding hydrogens is 296 g/mol. The Hall–Kier alpha value is -2.61. The second-order valence-electron chi connectivity index (χ2n) is 4.23. The molecule has 0 amide bonds. The van der Waals surface area contributed by atoms with Crippen LogP contribution in [0.5, 0.6) is 11.5 Å². The lowest BCUT2D eigenvalue weighted by Crippen LogP contribution is -2.09. The molecule has 0 heterocycles. The highest BCUT2D eigenvalue weighted by Gasteiger charge is 2.17. The Morgan fingerprint density at radius 1 is 1.14 bits per heavy atom. The molecule has 2 aromatic rings. The molecule has 21 heavy (non-hydrogen) atoms. The summed E-state index contributed by atoms with van der Waals surface area (Å²) in [6.07, 6.45) is 0.992. The van der Waals surface area contributed by atoms with Crippen LogP contribution >= 0.6 is 0 Å². The van der Waals surface area contributed by atoms with Crippen LogP contribution in [-0.4, -0.2) is 19.6 Å². The number of hydrogen-bond acceptors (Lipinski definition) is 5. The van der Waals surface area contributed by atoms with E-state index in [2.05, 4.69) is 4.72 Å². The molecular formula is C13H12N2O5S. The first-order chi connectivity index (χ1) is 9.85. The molecule has 0 fully saturated rings. The van der Waals surface area contributed by atoms with Crippen molar-refractivity contribution < 1.29 is 18.1 Å². The monoisotopic (exact) mass is 308 g/mol. The van der Waals surface area contributed by atoms with Gasteiger partial charge in [-0.05, 0) is 18.2 Å². The van der Waals surface area contributed by atoms with Crippen LogP contribution in [0.15, 0.2) is 48.5 Å². The van der Waals surface area contributed by atoms with Gasteiger partial charge in [0, 0.05) is 12.1 Å². The summed E-state index contributed by atoms with van der Waals surface area (Å²) in [4.78, 5) is 10.4. The number of sulfonamides is 1. The van der Waals surface area contributed by atoms with Crippen LogP contribution in [0.4, 0.5) is 11.4 Å². The van der Waals surface area contributed by atoms with Gasteiger partial charge in [0.1, 0.15) is 5.75 Å². The molecule has 0 spiro atoms. The average molecular weight is 308 g/mol. The van der Waals surface area contributed by atoms with Crippen LogP contribution in [-0.2, 0) is 10.0 Å². The van der Waals surface area contributed by atoms with Crippen molar-refractivity contribution in [3.63, 3.8) is 0 Å². The summed E-state index contributed by atoms with van der Waals surface area (Å²) in [5.41, 5.74) is -0.0630. The molecule has 0 unspecified atom stereocenters. The molecule has 0 aliphatic heterocycles. The largest absolute Gasteiger partial charge is 0.450 e. The van der Waals surface area contributed by atoms with E-state index in [1.54, 1.807) is 30.3 Å². The van der Waals surface area contributed by atoms with Crippen molar-refractivity contribution in [2.45, 2.75) is 0 Å². The fraction of sp³-hybridized carbons (Fsp3) is 0.0769. The van der Waals surface area contributed by atoms with Gasteiger partial charge in [-0.2, -0.15) is 0 Å². The zero-order valence-electron chi connectivity index (χ0n) is 11.0. The molecule has 0 bridgehead atoms. The van der Waals surface area contributed by atoms with E-state index in [4.69, 9.17) is 4.74 Å². The highest BCUT2D eigenvalue weighted by molar-refractivity contribution is 7.92. The normalized spacial score (nSPS) is 10.9. The zero-order valence-corrected chi connectivity index (χ0v) is 11.8. The van der Waals surface area contributed by atoms with Crippen molar-refractivity contribution in [2.75, 3.05) is 11.0 Å². The zero-order chi connectivity index (χ0) is 15.5. The van der Waals surface area contributed by atoms with Crippen molar-refractivity contribution >= 4 is 21.4 Å². The summed E-state index contributed by atoms with van der Waals surface area (Å²) < 4.78 is 30.1. The van der Waals surface area contributed by atoms with E-state index in [-0.39, 0.29) is 17.1 Å². The Morgan fingerprint density at radius 2 is 1.81 bits per heavy atom. The van der Waals surface area contributed by atoms with E-state index >= 15 is 0 Å². The summed E-state index contributed by atoms with van der Waals surface area (Å²) in [7, 11) is -3.48. The van der Waals surface area contributed by atoms with Crippen LogP contribution in [0.2, 0.25) is 0 Å². The smallest absolute Gasteiger partial charge is 0.311 e. The summed E-state index contributed by atoms with van der Waals surface area (Å²) in [6.45, 7) is 0. The topological polar surface area (TPSA) is 98.5 Å². The number of hydrogen-bond donors (Lipinski definition) is 1. The van der Waals surface area contributed by atoms with E-state index in [1.807, 2.05) is 0 Å². The fourth-order valence-electron chi connectivity index (χ4n) is 1.64. The van der Waals surface area contributed by atoms with Gasteiger partial charge in [0.25, 0.3) is 0 Å². The number of nitro groups is 1. The Labute approximate surface area is 121 Å². The van der Waals surface area contributed by atoms with E-state index in [9.17, 15) is 18.5 Å². The highest BCUT2D eigenvalue weighted by atomic mass is 32.2. The third-order valence-corrected chi connectivity index (χ3v) is 3.04. The number of para-hydroxylation sites is 1. The lowest BCUT2D eigenvalue weighted by Gasteiger charge is -2.09. The number of nitro benzene ring substituents is 1. The van der Waals surface area contributed by atoms with Crippen molar-refractivity contribution in [1.82, 2.24) is 0 Å². The van der Waals surface area contributed by atoms with E-state index < -0.39 is 14.9 Å². The molecule has 0 aliphatic rings. The summed E-state index contributed by atoms with van der Waals surface area (Å²) >= 11 is 0. The van der Waals surface area contributed by atoms with E-state index in [0.717, 1.165) is 6.26 Å². The molecule has 0 radical (unpaired) electrons. The van der Waals surface area contributed by atoms with Crippen LogP contribution in [0, 0.1) is 10.1 Å². The lowest BCUT2D eigenvalue weighted by molar-refractivity contribution is -0.385. The molecule has 0 saturated heterocycles. The Kier molecular flexibility index (Phi) is 4.08. The first-order valence-electron chi connectivity index (χ1n) is 5.84. The van der Waals surface area contributed by atoms with Crippen molar-refractivity contribution in [1.29, 1.82) is 0 Å². The molecule has 2 aromatic carbocycles. The van der Waals surface area contributed by atoms with Gasteiger partial charge in [0.2, 0.25) is 15.8 Å². The molecule has 0 saturated carbocycles. The minimum Gasteiger partial charge on any atom is -0.450 e. The van der Waals surface area contributed by atoms with Gasteiger partial charge < -0.3 is 4.74 Å². The number of rotatable bonds is 5. The Balaban J connectivity index is 2.40. The quantitative estimate of drug-likeness (QED) is 0.676. The third kappa shape index (κ3) is 4.18. The molecule has 1 N–H and O–H groups in total. The van der Waals surface area contributed by atoms with Crippen LogP contribution in [0.25, 0.3) is 0 Å². The summed E-state index contributed by atoms with van der Waals surface area (Å²) in [5.74, 6) is 0.372. The molecule has 0 aromatic heterocycles. The van der Waals surface area contributed by atoms with Gasteiger partial charge in [0.15, 0.2) is 0 Å². The molecule has 0 atom stereocenters. The van der Waals surface area contributed by atoms with Crippen molar-refractivity contribution in [3.8, 4) is 11.5 Å². The minimum absolute atomic E-state index is 0.0418. The maximum absolute atomic E-state index is 11.2. The number of benzene rings is 2. The maximum Gasteiger partial charge on any atom is 0.311 e. The third-order valence-electron chi connectivity index (χ3n) is 2.43. The predicted octanol–water partition coefficient (Wildman–Crippen LogP) is 2.76. The molecule has 0 aliphatic carbocycles. The van der Waals surface area contributed by atoms with Gasteiger partial charge in [-0.3, -0.25) is 14.8 Å². The molecule has 8 heteroatoms. The first kappa shape index (κ1) is 14.8. The van der Waals surface area contributed by atoms with Crippen LogP contribution in [0.3, 0.4) is 0 Å². The standard InChI is InChI=1S/C13H12N2O5S/c1-21(18,19)14-10-7-8-12(15(16)17)13(9-10)20-11-5-3-2-4-6-11/h2-9,14H,1H3. The molecule has 7 nitrogen and oxygen atoms in total. The van der Waals surface area contributed by atoms with Crippen molar-refractivity contribution in [2.24, 2.45) is 0 Å². The second kappa shape index (κ2) is 5.80. The average Bonchev–Trinajstić information content (AvgIpc) is 2.37. The Morgan fingerprint density at radius 3 is 2.38 bits per heavy atom. The first-order valence-corrected chi connectivity index (χ1v) is 7.73. The Bertz CT molecular complexity index is 759. The predicted molar refractivity (Wildman–Crippen MR) is 78.1 cm³/mol. The van der Waals surface area contributed by atoms with Gasteiger partial charge in [0.05, 0.1) is 16.9 Å². The molecule has 2 rings (SSSR count). The number of ether oxygens (including phenoxy) is 1. The van der Waals surface area contributed by atoms with E-state index in [1.165, 1.54) is 18.2 Å². The van der Waals surface area contributed by atoms with Gasteiger partial charge in [-0.15, -0.1) is 0 Å². The minimum atomic E-state index is -3.48. The van der Waals surface area contributed by atoms with Gasteiger partial charge in [-0.1, -0.05) is 18.2 Å². The maximum atomic E-state index is 11.2. The summed E-state index contributed by atoms with van der Waals surface area (Å²) in [5, 5.41) is 11.0. The van der Waals surface area contributed by atoms with Gasteiger partial charge in [-0.25, -0.2) is 8.42 Å². The van der Waals surface area contributed by atoms with Crippen LogP contribution < -0.4 is 9.46 Å². The van der Waals surface area contributed by atoms with Crippen molar-refractivity contribution in [3.05, 3.63) is 58.6 Å². The SMILES string of the molecule is CS(=O)(=O)Nc1ccc([N+](=O)[O-])c(Oc2ccccc2)c1. The molecule has 110 valence electrons. The number of nitrogens with zero attached hydrogens (tertiary/aromatic N) is 1. The number of anilines is 1.